The first-order chi connectivity index (χ1) is 9.18. The summed E-state index contributed by atoms with van der Waals surface area (Å²) in [5.74, 6) is -0.171. The molecule has 0 radical (unpaired) electrons. The second-order valence-corrected chi connectivity index (χ2v) is 5.32. The summed E-state index contributed by atoms with van der Waals surface area (Å²) in [5, 5.41) is 4.12. The Balaban J connectivity index is 2.26. The summed E-state index contributed by atoms with van der Waals surface area (Å²) in [6.45, 7) is 3.61. The van der Waals surface area contributed by atoms with Crippen LogP contribution in [0.5, 0.6) is 0 Å². The quantitative estimate of drug-likeness (QED) is 0.826. The third-order valence-corrected chi connectivity index (χ3v) is 4.07. The molecule has 3 rings (SSSR count). The van der Waals surface area contributed by atoms with E-state index in [4.69, 9.17) is 11.6 Å². The van der Waals surface area contributed by atoms with Crippen molar-refractivity contribution in [2.45, 2.75) is 19.9 Å². The summed E-state index contributed by atoms with van der Waals surface area (Å²) in [6.07, 6.45) is 0.898. The molecule has 0 unspecified atom stereocenters. The molecule has 0 amide bonds. The zero-order chi connectivity index (χ0) is 13.4. The van der Waals surface area contributed by atoms with Crippen molar-refractivity contribution in [1.82, 2.24) is 5.32 Å². The standard InChI is InChI=1S/C16H15ClFN/c1-10-3-2-4-15(18)16(10)12-5-6-14(17)11-7-8-19-9-13(11)12/h2-6,19H,7-9H2,1H3. The molecule has 0 aromatic heterocycles. The fraction of sp³-hybridized carbons (Fsp3) is 0.250. The van der Waals surface area contributed by atoms with Gasteiger partial charge in [0.15, 0.2) is 0 Å². The maximum Gasteiger partial charge on any atom is 0.131 e. The number of nitrogens with one attached hydrogen (secondary N) is 1. The molecule has 1 N–H and O–H groups in total. The highest BCUT2D eigenvalue weighted by atomic mass is 35.5. The SMILES string of the molecule is Cc1cccc(F)c1-c1ccc(Cl)c2c1CNCC2. The van der Waals surface area contributed by atoms with Crippen LogP contribution in [-0.4, -0.2) is 6.54 Å². The summed E-state index contributed by atoms with van der Waals surface area (Å²) in [4.78, 5) is 0. The lowest BCUT2D eigenvalue weighted by Crippen LogP contribution is -2.24. The van der Waals surface area contributed by atoms with E-state index < -0.39 is 0 Å². The molecule has 1 nitrogen and oxygen atoms in total. The molecule has 0 bridgehead atoms. The highest BCUT2D eigenvalue weighted by Crippen LogP contribution is 2.35. The molecular formula is C16H15ClFN. The molecule has 1 heterocycles. The number of fused-ring (bicyclic) bond motifs is 1. The third-order valence-electron chi connectivity index (χ3n) is 3.72. The molecule has 0 spiro atoms. The van der Waals surface area contributed by atoms with E-state index in [2.05, 4.69) is 5.32 Å². The van der Waals surface area contributed by atoms with E-state index >= 15 is 0 Å². The number of hydrogen-bond donors (Lipinski definition) is 1. The van der Waals surface area contributed by atoms with Gasteiger partial charge in [-0.05, 0) is 54.3 Å². The van der Waals surface area contributed by atoms with Crippen LogP contribution in [0.1, 0.15) is 16.7 Å². The van der Waals surface area contributed by atoms with Gasteiger partial charge in [-0.1, -0.05) is 29.8 Å². The molecule has 2 aromatic rings. The molecule has 1 aliphatic heterocycles. The van der Waals surface area contributed by atoms with E-state index in [1.807, 2.05) is 25.1 Å². The van der Waals surface area contributed by atoms with Crippen LogP contribution in [0.3, 0.4) is 0 Å². The topological polar surface area (TPSA) is 12.0 Å². The van der Waals surface area contributed by atoms with E-state index in [1.54, 1.807) is 6.07 Å². The van der Waals surface area contributed by atoms with E-state index in [0.29, 0.717) is 5.56 Å². The van der Waals surface area contributed by atoms with Gasteiger partial charge in [-0.2, -0.15) is 0 Å². The number of benzene rings is 2. The summed E-state index contributed by atoms with van der Waals surface area (Å²) in [5.41, 5.74) is 4.89. The van der Waals surface area contributed by atoms with Crippen molar-refractivity contribution in [3.63, 3.8) is 0 Å². The van der Waals surface area contributed by atoms with Gasteiger partial charge in [0.2, 0.25) is 0 Å². The molecule has 98 valence electrons. The smallest absolute Gasteiger partial charge is 0.131 e. The first-order valence-corrected chi connectivity index (χ1v) is 6.82. The predicted octanol–water partition coefficient (Wildman–Crippen LogP) is 4.10. The van der Waals surface area contributed by atoms with Gasteiger partial charge >= 0.3 is 0 Å². The number of hydrogen-bond acceptors (Lipinski definition) is 1. The van der Waals surface area contributed by atoms with E-state index in [1.165, 1.54) is 6.07 Å². The van der Waals surface area contributed by atoms with Crippen molar-refractivity contribution in [3.8, 4) is 11.1 Å². The maximum atomic E-state index is 14.2. The minimum atomic E-state index is -0.171. The van der Waals surface area contributed by atoms with Crippen LogP contribution < -0.4 is 5.32 Å². The normalized spacial score (nSPS) is 14.3. The van der Waals surface area contributed by atoms with E-state index in [9.17, 15) is 4.39 Å². The average molecular weight is 276 g/mol. The molecule has 19 heavy (non-hydrogen) atoms. The first kappa shape index (κ1) is 12.6. The van der Waals surface area contributed by atoms with Crippen LogP contribution >= 0.6 is 11.6 Å². The minimum absolute atomic E-state index is 0.171. The number of aryl methyl sites for hydroxylation is 1. The Hall–Kier alpha value is -1.38. The number of halogens is 2. The summed E-state index contributed by atoms with van der Waals surface area (Å²) < 4.78 is 14.2. The molecule has 3 heteroatoms. The lowest BCUT2D eigenvalue weighted by Gasteiger charge is -2.22. The van der Waals surface area contributed by atoms with Gasteiger partial charge in [0.25, 0.3) is 0 Å². The Morgan fingerprint density at radius 1 is 1.16 bits per heavy atom. The number of rotatable bonds is 1. The lowest BCUT2D eigenvalue weighted by atomic mass is 9.90. The Labute approximate surface area is 117 Å². The fourth-order valence-corrected chi connectivity index (χ4v) is 3.04. The fourth-order valence-electron chi connectivity index (χ4n) is 2.77. The summed E-state index contributed by atoms with van der Waals surface area (Å²) in [6, 6.07) is 9.01. The van der Waals surface area contributed by atoms with Crippen LogP contribution in [0, 0.1) is 12.7 Å². The van der Waals surface area contributed by atoms with Crippen LogP contribution in [0.25, 0.3) is 11.1 Å². The summed E-state index contributed by atoms with van der Waals surface area (Å²) in [7, 11) is 0. The Morgan fingerprint density at radius 3 is 2.79 bits per heavy atom. The highest BCUT2D eigenvalue weighted by Gasteiger charge is 2.19. The second-order valence-electron chi connectivity index (χ2n) is 4.91. The van der Waals surface area contributed by atoms with Gasteiger partial charge < -0.3 is 5.32 Å². The van der Waals surface area contributed by atoms with Gasteiger partial charge in [-0.3, -0.25) is 0 Å². The Morgan fingerprint density at radius 2 is 2.00 bits per heavy atom. The van der Waals surface area contributed by atoms with Gasteiger partial charge in [0.05, 0.1) is 0 Å². The molecule has 0 saturated carbocycles. The molecule has 0 aliphatic carbocycles. The van der Waals surface area contributed by atoms with Crippen LogP contribution in [0.2, 0.25) is 5.02 Å². The Bertz CT molecular complexity index is 617. The molecule has 0 saturated heterocycles. The zero-order valence-electron chi connectivity index (χ0n) is 10.8. The highest BCUT2D eigenvalue weighted by molar-refractivity contribution is 6.31. The average Bonchev–Trinajstić information content (AvgIpc) is 2.41. The van der Waals surface area contributed by atoms with Gasteiger partial charge in [0, 0.05) is 17.1 Å². The van der Waals surface area contributed by atoms with Crippen molar-refractivity contribution < 1.29 is 4.39 Å². The maximum absolute atomic E-state index is 14.2. The Kier molecular flexibility index (Phi) is 3.29. The molecule has 0 fully saturated rings. The van der Waals surface area contributed by atoms with Crippen molar-refractivity contribution in [2.75, 3.05) is 6.54 Å². The first-order valence-electron chi connectivity index (χ1n) is 6.45. The zero-order valence-corrected chi connectivity index (χ0v) is 11.5. The van der Waals surface area contributed by atoms with E-state index in [-0.39, 0.29) is 5.82 Å². The monoisotopic (exact) mass is 275 g/mol. The van der Waals surface area contributed by atoms with Crippen molar-refractivity contribution in [3.05, 3.63) is 57.9 Å². The molecule has 1 aliphatic rings. The van der Waals surface area contributed by atoms with Crippen LogP contribution in [-0.2, 0) is 13.0 Å². The van der Waals surface area contributed by atoms with Gasteiger partial charge in [0.1, 0.15) is 5.82 Å². The third kappa shape index (κ3) is 2.15. The van der Waals surface area contributed by atoms with Gasteiger partial charge in [-0.15, -0.1) is 0 Å². The largest absolute Gasteiger partial charge is 0.312 e. The van der Waals surface area contributed by atoms with Crippen molar-refractivity contribution in [2.24, 2.45) is 0 Å². The minimum Gasteiger partial charge on any atom is -0.312 e. The molecule has 0 atom stereocenters. The van der Waals surface area contributed by atoms with Crippen molar-refractivity contribution in [1.29, 1.82) is 0 Å². The molecule has 2 aromatic carbocycles. The predicted molar refractivity (Wildman–Crippen MR) is 77.0 cm³/mol. The van der Waals surface area contributed by atoms with Crippen LogP contribution in [0.15, 0.2) is 30.3 Å². The van der Waals surface area contributed by atoms with E-state index in [0.717, 1.165) is 46.8 Å². The molecular weight excluding hydrogens is 261 g/mol. The second kappa shape index (κ2) is 4.95. The lowest BCUT2D eigenvalue weighted by molar-refractivity contribution is 0.626. The van der Waals surface area contributed by atoms with Gasteiger partial charge in [-0.25, -0.2) is 4.39 Å². The van der Waals surface area contributed by atoms with Crippen LogP contribution in [0.4, 0.5) is 4.39 Å². The van der Waals surface area contributed by atoms with Crippen molar-refractivity contribution >= 4 is 11.6 Å². The summed E-state index contributed by atoms with van der Waals surface area (Å²) >= 11 is 6.26.